The molecule has 1 atom stereocenters. The lowest BCUT2D eigenvalue weighted by Gasteiger charge is -2.13. The molecule has 1 amide bonds. The van der Waals surface area contributed by atoms with Gasteiger partial charge in [0.05, 0.1) is 0 Å². The second-order valence-corrected chi connectivity index (χ2v) is 5.70. The van der Waals surface area contributed by atoms with Gasteiger partial charge in [-0.1, -0.05) is 30.3 Å². The maximum atomic E-state index is 12.0. The SMILES string of the molecule is CCCc1noc(CCCC(=O)OC(C)C(=O)Nc2ccccc2)n1. The first-order chi connectivity index (χ1) is 12.1. The number of hydrogen-bond acceptors (Lipinski definition) is 6. The molecule has 1 N–H and O–H groups in total. The second-order valence-electron chi connectivity index (χ2n) is 5.70. The summed E-state index contributed by atoms with van der Waals surface area (Å²) in [6.07, 6.45) is 2.10. The molecular formula is C18H23N3O4. The van der Waals surface area contributed by atoms with Crippen LogP contribution in [0.1, 0.15) is 44.8 Å². The zero-order chi connectivity index (χ0) is 18.1. The first-order valence-corrected chi connectivity index (χ1v) is 8.45. The maximum Gasteiger partial charge on any atom is 0.306 e. The second kappa shape index (κ2) is 9.56. The molecule has 0 saturated carbocycles. The normalized spacial score (nSPS) is 11.8. The van der Waals surface area contributed by atoms with E-state index in [1.165, 1.54) is 0 Å². The van der Waals surface area contributed by atoms with Crippen molar-refractivity contribution in [3.8, 4) is 0 Å². The van der Waals surface area contributed by atoms with Crippen LogP contribution in [0.2, 0.25) is 0 Å². The average molecular weight is 345 g/mol. The van der Waals surface area contributed by atoms with Crippen molar-refractivity contribution in [1.82, 2.24) is 10.1 Å². The van der Waals surface area contributed by atoms with Gasteiger partial charge in [-0.05, 0) is 31.9 Å². The van der Waals surface area contributed by atoms with E-state index in [0.717, 1.165) is 12.8 Å². The number of carbonyl (C=O) groups is 2. The molecule has 134 valence electrons. The summed E-state index contributed by atoms with van der Waals surface area (Å²) in [6.45, 7) is 3.59. The Morgan fingerprint density at radius 3 is 2.72 bits per heavy atom. The van der Waals surface area contributed by atoms with Crippen LogP contribution in [-0.2, 0) is 27.2 Å². The molecule has 2 rings (SSSR count). The van der Waals surface area contributed by atoms with E-state index in [-0.39, 0.29) is 12.3 Å². The van der Waals surface area contributed by atoms with Gasteiger partial charge in [0.1, 0.15) is 0 Å². The molecule has 1 aromatic heterocycles. The van der Waals surface area contributed by atoms with E-state index in [9.17, 15) is 9.59 Å². The molecule has 0 fully saturated rings. The van der Waals surface area contributed by atoms with Crippen molar-refractivity contribution in [2.45, 2.75) is 52.1 Å². The van der Waals surface area contributed by atoms with Gasteiger partial charge in [0, 0.05) is 24.9 Å². The van der Waals surface area contributed by atoms with Gasteiger partial charge < -0.3 is 14.6 Å². The molecule has 0 saturated heterocycles. The molecule has 25 heavy (non-hydrogen) atoms. The fourth-order valence-electron chi connectivity index (χ4n) is 2.18. The lowest BCUT2D eigenvalue weighted by molar-refractivity contribution is -0.153. The largest absolute Gasteiger partial charge is 0.453 e. The number of aromatic nitrogens is 2. The fourth-order valence-corrected chi connectivity index (χ4v) is 2.18. The molecule has 7 heteroatoms. The number of para-hydroxylation sites is 1. The summed E-state index contributed by atoms with van der Waals surface area (Å²) in [7, 11) is 0. The van der Waals surface area contributed by atoms with Crippen LogP contribution in [0.4, 0.5) is 5.69 Å². The van der Waals surface area contributed by atoms with Gasteiger partial charge >= 0.3 is 5.97 Å². The van der Waals surface area contributed by atoms with Gasteiger partial charge in [0.2, 0.25) is 5.89 Å². The minimum atomic E-state index is -0.854. The Balaban J connectivity index is 1.69. The number of carbonyl (C=O) groups excluding carboxylic acids is 2. The van der Waals surface area contributed by atoms with Gasteiger partial charge in [0.25, 0.3) is 5.91 Å². The number of hydrogen-bond donors (Lipinski definition) is 1. The summed E-state index contributed by atoms with van der Waals surface area (Å²) in [6, 6.07) is 9.02. The van der Waals surface area contributed by atoms with E-state index >= 15 is 0 Å². The van der Waals surface area contributed by atoms with E-state index in [2.05, 4.69) is 15.5 Å². The quantitative estimate of drug-likeness (QED) is 0.702. The van der Waals surface area contributed by atoms with Crippen molar-refractivity contribution in [3.05, 3.63) is 42.0 Å². The van der Waals surface area contributed by atoms with Gasteiger partial charge in [-0.15, -0.1) is 0 Å². The molecule has 0 aliphatic heterocycles. The maximum absolute atomic E-state index is 12.0. The Morgan fingerprint density at radius 2 is 2.00 bits per heavy atom. The lowest BCUT2D eigenvalue weighted by atomic mass is 10.2. The topological polar surface area (TPSA) is 94.3 Å². The molecule has 0 spiro atoms. The Bertz CT molecular complexity index is 685. The number of aryl methyl sites for hydroxylation is 2. The summed E-state index contributed by atoms with van der Waals surface area (Å²) in [5.74, 6) is 0.419. The van der Waals surface area contributed by atoms with Crippen molar-refractivity contribution in [2.24, 2.45) is 0 Å². The first-order valence-electron chi connectivity index (χ1n) is 8.45. The zero-order valence-electron chi connectivity index (χ0n) is 14.5. The Hall–Kier alpha value is -2.70. The molecule has 2 aromatic rings. The highest BCUT2D eigenvalue weighted by Crippen LogP contribution is 2.09. The number of esters is 1. The van der Waals surface area contributed by atoms with Gasteiger partial charge in [0.15, 0.2) is 11.9 Å². The van der Waals surface area contributed by atoms with Crippen LogP contribution in [-0.4, -0.2) is 28.1 Å². The smallest absolute Gasteiger partial charge is 0.306 e. The van der Waals surface area contributed by atoms with E-state index in [1.807, 2.05) is 25.1 Å². The number of anilines is 1. The number of benzene rings is 1. The molecule has 0 bridgehead atoms. The average Bonchev–Trinajstić information content (AvgIpc) is 3.03. The predicted molar refractivity (Wildman–Crippen MR) is 91.9 cm³/mol. The Labute approximate surface area is 146 Å². The molecule has 1 unspecified atom stereocenters. The number of ether oxygens (including phenoxy) is 1. The predicted octanol–water partition coefficient (Wildman–Crippen LogP) is 2.92. The fraction of sp³-hybridized carbons (Fsp3) is 0.444. The molecule has 0 aliphatic rings. The van der Waals surface area contributed by atoms with E-state index in [4.69, 9.17) is 9.26 Å². The summed E-state index contributed by atoms with van der Waals surface area (Å²) in [5.41, 5.74) is 0.662. The molecule has 0 radical (unpaired) electrons. The lowest BCUT2D eigenvalue weighted by Crippen LogP contribution is -2.29. The number of rotatable bonds is 9. The molecule has 1 heterocycles. The summed E-state index contributed by atoms with van der Waals surface area (Å²) in [5, 5.41) is 6.55. The number of nitrogens with one attached hydrogen (secondary N) is 1. The molecule has 0 aliphatic carbocycles. The van der Waals surface area contributed by atoms with E-state index in [0.29, 0.717) is 30.2 Å². The highest BCUT2D eigenvalue weighted by molar-refractivity contribution is 5.95. The van der Waals surface area contributed by atoms with Crippen molar-refractivity contribution < 1.29 is 18.8 Å². The molecule has 1 aromatic carbocycles. The highest BCUT2D eigenvalue weighted by Gasteiger charge is 2.18. The van der Waals surface area contributed by atoms with Crippen LogP contribution in [0.5, 0.6) is 0 Å². The summed E-state index contributed by atoms with van der Waals surface area (Å²) in [4.78, 5) is 28.1. The van der Waals surface area contributed by atoms with Crippen molar-refractivity contribution in [2.75, 3.05) is 5.32 Å². The van der Waals surface area contributed by atoms with E-state index in [1.54, 1.807) is 19.1 Å². The monoisotopic (exact) mass is 345 g/mol. The Kier molecular flexibility index (Phi) is 7.13. The van der Waals surface area contributed by atoms with Gasteiger partial charge in [-0.2, -0.15) is 4.98 Å². The van der Waals surface area contributed by atoms with E-state index < -0.39 is 12.1 Å². The standard InChI is InChI=1S/C18H23N3O4/c1-3-8-15-20-16(25-21-15)11-7-12-17(22)24-13(2)18(23)19-14-9-5-4-6-10-14/h4-6,9-10,13H,3,7-8,11-12H2,1-2H3,(H,19,23). The van der Waals surface area contributed by atoms with Crippen LogP contribution < -0.4 is 5.32 Å². The highest BCUT2D eigenvalue weighted by atomic mass is 16.5. The Morgan fingerprint density at radius 1 is 1.24 bits per heavy atom. The zero-order valence-corrected chi connectivity index (χ0v) is 14.5. The first kappa shape index (κ1) is 18.6. The minimum absolute atomic E-state index is 0.189. The van der Waals surface area contributed by atoms with Gasteiger partial charge in [-0.25, -0.2) is 0 Å². The van der Waals surface area contributed by atoms with Crippen LogP contribution in [0.3, 0.4) is 0 Å². The third kappa shape index (κ3) is 6.37. The summed E-state index contributed by atoms with van der Waals surface area (Å²) < 4.78 is 10.3. The van der Waals surface area contributed by atoms with Gasteiger partial charge in [-0.3, -0.25) is 9.59 Å². The number of nitrogens with zero attached hydrogens (tertiary/aromatic N) is 2. The van der Waals surface area contributed by atoms with Crippen LogP contribution >= 0.6 is 0 Å². The minimum Gasteiger partial charge on any atom is -0.453 e. The van der Waals surface area contributed by atoms with Crippen LogP contribution in [0.25, 0.3) is 0 Å². The van der Waals surface area contributed by atoms with Crippen molar-refractivity contribution in [3.63, 3.8) is 0 Å². The summed E-state index contributed by atoms with van der Waals surface area (Å²) >= 11 is 0. The third-order valence-electron chi connectivity index (χ3n) is 3.47. The third-order valence-corrected chi connectivity index (χ3v) is 3.47. The van der Waals surface area contributed by atoms with Crippen molar-refractivity contribution >= 4 is 17.6 Å². The molecule has 7 nitrogen and oxygen atoms in total. The van der Waals surface area contributed by atoms with Crippen molar-refractivity contribution in [1.29, 1.82) is 0 Å². The van der Waals surface area contributed by atoms with Crippen LogP contribution in [0.15, 0.2) is 34.9 Å². The number of amides is 1. The van der Waals surface area contributed by atoms with Crippen LogP contribution in [0, 0.1) is 0 Å². The molecular weight excluding hydrogens is 322 g/mol.